The molecule has 2 aromatic rings. The number of para-hydroxylation sites is 1. The fraction of sp³-hybridized carbons (Fsp3) is 0.0667. The molecule has 0 radical (unpaired) electrons. The van der Waals surface area contributed by atoms with Crippen LogP contribution in [0.25, 0.3) is 0 Å². The summed E-state index contributed by atoms with van der Waals surface area (Å²) in [4.78, 5) is 21.5. The molecule has 9 heteroatoms. The number of benzene rings is 2. The van der Waals surface area contributed by atoms with E-state index < -0.39 is 11.0 Å². The molecule has 0 heterocycles. The number of carbonyl (C=O) groups excluding carboxylic acids is 1. The fourth-order valence-electron chi connectivity index (χ4n) is 1.69. The Morgan fingerprint density at radius 2 is 2.04 bits per heavy atom. The van der Waals surface area contributed by atoms with Gasteiger partial charge in [0.25, 0.3) is 0 Å². The van der Waals surface area contributed by atoms with Crippen LogP contribution in [0.3, 0.4) is 0 Å². The Bertz CT molecular complexity index is 794. The van der Waals surface area contributed by atoms with Crippen LogP contribution >= 0.6 is 11.6 Å². The van der Waals surface area contributed by atoms with Crippen molar-refractivity contribution in [3.05, 3.63) is 63.2 Å². The predicted molar refractivity (Wildman–Crippen MR) is 87.8 cm³/mol. The van der Waals surface area contributed by atoms with E-state index >= 15 is 0 Å². The Kier molecular flexibility index (Phi) is 5.69. The second kappa shape index (κ2) is 7.93. The molecule has 24 heavy (non-hydrogen) atoms. The fourth-order valence-corrected chi connectivity index (χ4v) is 1.87. The third-order valence-corrected chi connectivity index (χ3v) is 3.10. The Morgan fingerprint density at radius 3 is 2.71 bits per heavy atom. The molecule has 1 amide bonds. The summed E-state index contributed by atoms with van der Waals surface area (Å²) in [6, 6.07) is 10.9. The van der Waals surface area contributed by atoms with E-state index in [4.69, 9.17) is 16.3 Å². The van der Waals surface area contributed by atoms with Crippen molar-refractivity contribution in [1.29, 1.82) is 0 Å². The number of amides is 1. The number of nitrogens with zero attached hydrogens (tertiary/aromatic N) is 2. The van der Waals surface area contributed by atoms with Crippen LogP contribution in [0.2, 0.25) is 5.02 Å². The molecule has 0 bridgehead atoms. The van der Waals surface area contributed by atoms with Crippen molar-refractivity contribution in [2.24, 2.45) is 5.10 Å². The van der Waals surface area contributed by atoms with Crippen molar-refractivity contribution in [2.75, 3.05) is 7.11 Å². The molecule has 1 N–H and O–H groups in total. The Morgan fingerprint density at radius 1 is 1.29 bits per heavy atom. The van der Waals surface area contributed by atoms with Crippen molar-refractivity contribution in [1.82, 2.24) is 5.43 Å². The lowest BCUT2D eigenvalue weighted by atomic mass is 10.2. The number of nitrogens with one attached hydrogen (secondary N) is 1. The lowest BCUT2D eigenvalue weighted by molar-refractivity contribution is -0.385. The number of hydrazone groups is 1. The quantitative estimate of drug-likeness (QED) is 0.503. The Hall–Kier alpha value is -3.13. The highest BCUT2D eigenvalue weighted by molar-refractivity contribution is 6.32. The first-order valence-corrected chi connectivity index (χ1v) is 6.97. The van der Waals surface area contributed by atoms with Gasteiger partial charge in [-0.1, -0.05) is 23.7 Å². The molecule has 0 aliphatic heterocycles. The molecular weight excluding hydrogens is 338 g/mol. The maximum atomic E-state index is 11.2. The summed E-state index contributed by atoms with van der Waals surface area (Å²) in [5.41, 5.74) is 2.21. The van der Waals surface area contributed by atoms with Crippen LogP contribution in [0.15, 0.2) is 47.6 Å². The SMILES string of the molecule is COC(=O)N/N=C/c1ccc(Oc2ccccc2Cl)c([N+](=O)[O-])c1. The summed E-state index contributed by atoms with van der Waals surface area (Å²) in [5.74, 6) is 0.335. The summed E-state index contributed by atoms with van der Waals surface area (Å²) in [6.45, 7) is 0. The van der Waals surface area contributed by atoms with Gasteiger partial charge in [0, 0.05) is 11.6 Å². The molecule has 2 rings (SSSR count). The van der Waals surface area contributed by atoms with Crippen molar-refractivity contribution < 1.29 is 19.2 Å². The predicted octanol–water partition coefficient (Wildman–Crippen LogP) is 3.73. The average molecular weight is 350 g/mol. The molecule has 0 saturated heterocycles. The normalized spacial score (nSPS) is 10.4. The van der Waals surface area contributed by atoms with Crippen molar-refractivity contribution in [3.63, 3.8) is 0 Å². The van der Waals surface area contributed by atoms with Gasteiger partial charge in [-0.25, -0.2) is 10.2 Å². The molecule has 0 aromatic heterocycles. The van der Waals surface area contributed by atoms with Crippen molar-refractivity contribution >= 4 is 29.6 Å². The molecule has 124 valence electrons. The topological polar surface area (TPSA) is 103 Å². The van der Waals surface area contributed by atoms with Crippen LogP contribution in [0.5, 0.6) is 11.5 Å². The van der Waals surface area contributed by atoms with Gasteiger partial charge in [-0.05, 0) is 24.3 Å². The van der Waals surface area contributed by atoms with Crippen molar-refractivity contribution in [2.45, 2.75) is 0 Å². The maximum absolute atomic E-state index is 11.2. The molecule has 8 nitrogen and oxygen atoms in total. The van der Waals surface area contributed by atoms with Crippen LogP contribution in [0.4, 0.5) is 10.5 Å². The van der Waals surface area contributed by atoms with Gasteiger partial charge in [-0.2, -0.15) is 5.10 Å². The van der Waals surface area contributed by atoms with E-state index in [-0.39, 0.29) is 11.4 Å². The summed E-state index contributed by atoms with van der Waals surface area (Å²) in [5, 5.41) is 15.2. The molecule has 0 saturated carbocycles. The average Bonchev–Trinajstić information content (AvgIpc) is 2.57. The minimum Gasteiger partial charge on any atom is -0.452 e. The third-order valence-electron chi connectivity index (χ3n) is 2.79. The largest absolute Gasteiger partial charge is 0.452 e. The number of rotatable bonds is 5. The molecule has 0 atom stereocenters. The number of nitro benzene ring substituents is 1. The van der Waals surface area contributed by atoms with Gasteiger partial charge < -0.3 is 9.47 Å². The lowest BCUT2D eigenvalue weighted by Gasteiger charge is -2.08. The van der Waals surface area contributed by atoms with E-state index in [0.717, 1.165) is 0 Å². The number of carbonyl (C=O) groups is 1. The summed E-state index contributed by atoms with van der Waals surface area (Å²) < 4.78 is 9.85. The van der Waals surface area contributed by atoms with Gasteiger partial charge in [0.2, 0.25) is 5.75 Å². The molecular formula is C15H12ClN3O5. The summed E-state index contributed by atoms with van der Waals surface area (Å²) in [7, 11) is 1.19. The van der Waals surface area contributed by atoms with Crippen LogP contribution < -0.4 is 10.2 Å². The standard InChI is InChI=1S/C15H12ClN3O5/c1-23-15(20)18-17-9-10-6-7-14(12(8-10)19(21)22)24-13-5-3-2-4-11(13)16/h2-9H,1H3,(H,18,20)/b17-9+. The number of hydrogen-bond donors (Lipinski definition) is 1. The Balaban J connectivity index is 2.25. The first kappa shape index (κ1) is 17.2. The van der Waals surface area contributed by atoms with Crippen LogP contribution in [-0.4, -0.2) is 24.3 Å². The van der Waals surface area contributed by atoms with Gasteiger partial charge in [0.05, 0.1) is 23.3 Å². The second-order valence-corrected chi connectivity index (χ2v) is 4.79. The zero-order valence-corrected chi connectivity index (χ0v) is 13.2. The smallest absolute Gasteiger partial charge is 0.427 e. The number of halogens is 1. The number of nitro groups is 1. The van der Waals surface area contributed by atoms with Crippen LogP contribution in [0.1, 0.15) is 5.56 Å². The van der Waals surface area contributed by atoms with E-state index in [9.17, 15) is 14.9 Å². The number of hydrogen-bond acceptors (Lipinski definition) is 6. The van der Waals surface area contributed by atoms with Gasteiger partial charge in [-0.15, -0.1) is 0 Å². The zero-order valence-electron chi connectivity index (χ0n) is 12.4. The highest BCUT2D eigenvalue weighted by atomic mass is 35.5. The molecule has 0 unspecified atom stereocenters. The molecule has 0 spiro atoms. The first-order valence-electron chi connectivity index (χ1n) is 6.59. The first-order chi connectivity index (χ1) is 11.5. The van der Waals surface area contributed by atoms with Crippen LogP contribution in [0, 0.1) is 10.1 Å². The molecule has 0 aliphatic carbocycles. The highest BCUT2D eigenvalue weighted by Gasteiger charge is 2.17. The molecule has 0 aliphatic rings. The second-order valence-electron chi connectivity index (χ2n) is 4.38. The van der Waals surface area contributed by atoms with E-state index in [1.807, 2.05) is 0 Å². The van der Waals surface area contributed by atoms with E-state index in [2.05, 4.69) is 15.3 Å². The maximum Gasteiger partial charge on any atom is 0.427 e. The highest BCUT2D eigenvalue weighted by Crippen LogP contribution is 2.34. The summed E-state index contributed by atoms with van der Waals surface area (Å²) >= 11 is 5.98. The minimum atomic E-state index is -0.751. The molecule has 2 aromatic carbocycles. The molecule has 0 fully saturated rings. The number of methoxy groups -OCH3 is 1. The summed E-state index contributed by atoms with van der Waals surface area (Å²) in [6.07, 6.45) is 0.489. The van der Waals surface area contributed by atoms with Gasteiger partial charge in [0.15, 0.2) is 0 Å². The minimum absolute atomic E-state index is 0.0335. The third kappa shape index (κ3) is 4.43. The van der Waals surface area contributed by atoms with Crippen molar-refractivity contribution in [3.8, 4) is 11.5 Å². The zero-order chi connectivity index (χ0) is 17.5. The van der Waals surface area contributed by atoms with Gasteiger partial charge in [0.1, 0.15) is 5.75 Å². The van der Waals surface area contributed by atoms with Gasteiger partial charge in [-0.3, -0.25) is 10.1 Å². The van der Waals surface area contributed by atoms with E-state index in [0.29, 0.717) is 16.3 Å². The van der Waals surface area contributed by atoms with Gasteiger partial charge >= 0.3 is 11.8 Å². The van der Waals surface area contributed by atoms with Crippen LogP contribution in [-0.2, 0) is 4.74 Å². The van der Waals surface area contributed by atoms with E-state index in [1.54, 1.807) is 30.3 Å². The van der Waals surface area contributed by atoms with E-state index in [1.165, 1.54) is 25.5 Å². The monoisotopic (exact) mass is 349 g/mol. The Labute approximate surface area is 141 Å². The lowest BCUT2D eigenvalue weighted by Crippen LogP contribution is -2.16. The number of ether oxygens (including phenoxy) is 2.